The van der Waals surface area contributed by atoms with Gasteiger partial charge in [-0.15, -0.1) is 0 Å². The molecule has 1 aromatic carbocycles. The van der Waals surface area contributed by atoms with Crippen molar-refractivity contribution in [1.29, 1.82) is 0 Å². The fourth-order valence-electron chi connectivity index (χ4n) is 2.63. The van der Waals surface area contributed by atoms with E-state index in [-0.39, 0.29) is 6.04 Å². The number of aromatic nitrogens is 1. The molecule has 2 N–H and O–H groups in total. The van der Waals surface area contributed by atoms with E-state index in [4.69, 9.17) is 10.5 Å². The lowest BCUT2D eigenvalue weighted by Gasteiger charge is -2.23. The number of hydrogen-bond acceptors (Lipinski definition) is 3. The van der Waals surface area contributed by atoms with Crippen molar-refractivity contribution in [2.45, 2.75) is 25.8 Å². The van der Waals surface area contributed by atoms with Crippen LogP contribution in [0.3, 0.4) is 0 Å². The molecule has 0 radical (unpaired) electrons. The Hall–Kier alpha value is -1.87. The first-order valence-electron chi connectivity index (χ1n) is 6.69. The van der Waals surface area contributed by atoms with Gasteiger partial charge in [0.05, 0.1) is 18.3 Å². The van der Waals surface area contributed by atoms with Gasteiger partial charge in [-0.25, -0.2) is 0 Å². The molecule has 0 saturated carbocycles. The fraction of sp³-hybridized carbons (Fsp3) is 0.312. The molecule has 1 aliphatic rings. The Kier molecular flexibility index (Phi) is 3.22. The van der Waals surface area contributed by atoms with Crippen molar-refractivity contribution in [1.82, 2.24) is 4.98 Å². The molecule has 2 aromatic rings. The Morgan fingerprint density at radius 1 is 1.26 bits per heavy atom. The summed E-state index contributed by atoms with van der Waals surface area (Å²) in [6.07, 6.45) is 3.93. The van der Waals surface area contributed by atoms with Crippen molar-refractivity contribution >= 4 is 0 Å². The SMILES string of the molecule is Cc1cccnc1C(N)c1cccc2c1OCCC2. The van der Waals surface area contributed by atoms with E-state index in [0.717, 1.165) is 42.0 Å². The largest absolute Gasteiger partial charge is 0.493 e. The molecule has 1 unspecified atom stereocenters. The summed E-state index contributed by atoms with van der Waals surface area (Å²) < 4.78 is 5.83. The zero-order valence-corrected chi connectivity index (χ0v) is 11.1. The summed E-state index contributed by atoms with van der Waals surface area (Å²) in [4.78, 5) is 4.42. The molecule has 0 saturated heterocycles. The fourth-order valence-corrected chi connectivity index (χ4v) is 2.63. The minimum Gasteiger partial charge on any atom is -0.493 e. The van der Waals surface area contributed by atoms with Gasteiger partial charge < -0.3 is 10.5 Å². The molecular weight excluding hydrogens is 236 g/mol. The molecule has 0 spiro atoms. The number of para-hydroxylation sites is 1. The van der Waals surface area contributed by atoms with Crippen molar-refractivity contribution in [3.8, 4) is 5.75 Å². The van der Waals surface area contributed by atoms with Crippen molar-refractivity contribution in [2.75, 3.05) is 6.61 Å². The zero-order chi connectivity index (χ0) is 13.2. The second kappa shape index (κ2) is 5.02. The molecule has 0 amide bonds. The smallest absolute Gasteiger partial charge is 0.127 e. The van der Waals surface area contributed by atoms with Gasteiger partial charge in [0.25, 0.3) is 0 Å². The van der Waals surface area contributed by atoms with Gasteiger partial charge in [0.15, 0.2) is 0 Å². The first-order chi connectivity index (χ1) is 9.27. The molecule has 98 valence electrons. The Bertz CT molecular complexity index is 595. The van der Waals surface area contributed by atoms with Gasteiger partial charge in [-0.1, -0.05) is 24.3 Å². The highest BCUT2D eigenvalue weighted by molar-refractivity contribution is 5.47. The van der Waals surface area contributed by atoms with Crippen molar-refractivity contribution in [3.63, 3.8) is 0 Å². The average molecular weight is 254 g/mol. The number of hydrogen-bond donors (Lipinski definition) is 1. The lowest BCUT2D eigenvalue weighted by atomic mass is 9.95. The highest BCUT2D eigenvalue weighted by Gasteiger charge is 2.21. The molecule has 2 heterocycles. The predicted octanol–water partition coefficient (Wildman–Crippen LogP) is 2.76. The zero-order valence-electron chi connectivity index (χ0n) is 11.1. The van der Waals surface area contributed by atoms with E-state index in [1.807, 2.05) is 25.1 Å². The number of aryl methyl sites for hydroxylation is 2. The lowest BCUT2D eigenvalue weighted by molar-refractivity contribution is 0.284. The summed E-state index contributed by atoms with van der Waals surface area (Å²) >= 11 is 0. The third-order valence-corrected chi connectivity index (χ3v) is 3.64. The van der Waals surface area contributed by atoms with E-state index < -0.39 is 0 Å². The van der Waals surface area contributed by atoms with Crippen LogP contribution in [0, 0.1) is 6.92 Å². The topological polar surface area (TPSA) is 48.1 Å². The molecule has 0 aliphatic carbocycles. The minimum absolute atomic E-state index is 0.228. The van der Waals surface area contributed by atoms with Gasteiger partial charge in [0, 0.05) is 11.8 Å². The standard InChI is InChI=1S/C16H18N2O/c1-11-5-3-9-18-15(11)14(17)13-8-2-6-12-7-4-10-19-16(12)13/h2-3,5-6,8-9,14H,4,7,10,17H2,1H3. The predicted molar refractivity (Wildman–Crippen MR) is 75.3 cm³/mol. The first kappa shape index (κ1) is 12.2. The van der Waals surface area contributed by atoms with Crippen molar-refractivity contribution < 1.29 is 4.74 Å². The second-order valence-corrected chi connectivity index (χ2v) is 4.97. The number of rotatable bonds is 2. The number of pyridine rings is 1. The van der Waals surface area contributed by atoms with E-state index in [1.165, 1.54) is 5.56 Å². The van der Waals surface area contributed by atoms with Gasteiger partial charge in [-0.05, 0) is 37.0 Å². The molecule has 3 rings (SSSR count). The summed E-state index contributed by atoms with van der Waals surface area (Å²) in [6.45, 7) is 2.82. The highest BCUT2D eigenvalue weighted by atomic mass is 16.5. The third-order valence-electron chi connectivity index (χ3n) is 3.64. The third kappa shape index (κ3) is 2.22. The Labute approximate surface area is 113 Å². The summed E-state index contributed by atoms with van der Waals surface area (Å²) in [6, 6.07) is 9.97. The van der Waals surface area contributed by atoms with E-state index >= 15 is 0 Å². The van der Waals surface area contributed by atoms with Gasteiger partial charge in [-0.3, -0.25) is 4.98 Å². The van der Waals surface area contributed by atoms with E-state index in [2.05, 4.69) is 17.1 Å². The van der Waals surface area contributed by atoms with Crippen LogP contribution in [-0.2, 0) is 6.42 Å². The van der Waals surface area contributed by atoms with Crippen LogP contribution in [0.25, 0.3) is 0 Å². The molecule has 1 atom stereocenters. The number of fused-ring (bicyclic) bond motifs is 1. The maximum Gasteiger partial charge on any atom is 0.127 e. The number of ether oxygens (including phenoxy) is 1. The highest BCUT2D eigenvalue weighted by Crippen LogP contribution is 2.34. The molecule has 1 aliphatic heterocycles. The second-order valence-electron chi connectivity index (χ2n) is 4.97. The minimum atomic E-state index is -0.228. The number of nitrogens with two attached hydrogens (primary N) is 1. The van der Waals surface area contributed by atoms with E-state index in [1.54, 1.807) is 6.20 Å². The summed E-state index contributed by atoms with van der Waals surface area (Å²) in [5.41, 5.74) is 10.7. The van der Waals surface area contributed by atoms with Crippen LogP contribution >= 0.6 is 0 Å². The summed E-state index contributed by atoms with van der Waals surface area (Å²) in [5, 5.41) is 0. The van der Waals surface area contributed by atoms with Crippen LogP contribution in [0.5, 0.6) is 5.75 Å². The van der Waals surface area contributed by atoms with Crippen molar-refractivity contribution in [2.24, 2.45) is 5.73 Å². The summed E-state index contributed by atoms with van der Waals surface area (Å²) in [7, 11) is 0. The van der Waals surface area contributed by atoms with Crippen molar-refractivity contribution in [3.05, 3.63) is 58.9 Å². The average Bonchev–Trinajstić information content (AvgIpc) is 2.46. The molecule has 3 heteroatoms. The van der Waals surface area contributed by atoms with Crippen LogP contribution in [0.4, 0.5) is 0 Å². The molecule has 3 nitrogen and oxygen atoms in total. The van der Waals surface area contributed by atoms with Gasteiger partial charge in [0.1, 0.15) is 5.75 Å². The number of nitrogens with zero attached hydrogens (tertiary/aromatic N) is 1. The Morgan fingerprint density at radius 3 is 3.00 bits per heavy atom. The van der Waals surface area contributed by atoms with Crippen LogP contribution in [-0.4, -0.2) is 11.6 Å². The molecule has 19 heavy (non-hydrogen) atoms. The van der Waals surface area contributed by atoms with Gasteiger partial charge in [0.2, 0.25) is 0 Å². The van der Waals surface area contributed by atoms with Crippen LogP contribution < -0.4 is 10.5 Å². The maximum absolute atomic E-state index is 6.40. The van der Waals surface area contributed by atoms with Crippen LogP contribution in [0.1, 0.15) is 34.8 Å². The Balaban J connectivity index is 2.05. The Morgan fingerprint density at radius 2 is 2.16 bits per heavy atom. The lowest BCUT2D eigenvalue weighted by Crippen LogP contribution is -2.19. The van der Waals surface area contributed by atoms with Crippen LogP contribution in [0.2, 0.25) is 0 Å². The molecule has 0 fully saturated rings. The van der Waals surface area contributed by atoms with Gasteiger partial charge in [-0.2, -0.15) is 0 Å². The number of benzene rings is 1. The monoisotopic (exact) mass is 254 g/mol. The maximum atomic E-state index is 6.40. The van der Waals surface area contributed by atoms with E-state index in [9.17, 15) is 0 Å². The molecular formula is C16H18N2O. The molecule has 1 aromatic heterocycles. The first-order valence-corrected chi connectivity index (χ1v) is 6.69. The van der Waals surface area contributed by atoms with Crippen LogP contribution in [0.15, 0.2) is 36.5 Å². The quantitative estimate of drug-likeness (QED) is 0.896. The summed E-state index contributed by atoms with van der Waals surface area (Å²) in [5.74, 6) is 0.964. The van der Waals surface area contributed by atoms with Gasteiger partial charge >= 0.3 is 0 Å². The van der Waals surface area contributed by atoms with E-state index in [0.29, 0.717) is 0 Å². The normalized spacial score (nSPS) is 15.5. The molecule has 0 bridgehead atoms.